The van der Waals surface area contributed by atoms with Crippen molar-refractivity contribution in [3.63, 3.8) is 0 Å². The van der Waals surface area contributed by atoms with E-state index in [0.29, 0.717) is 23.7 Å². The van der Waals surface area contributed by atoms with Gasteiger partial charge in [-0.25, -0.2) is 13.4 Å². The van der Waals surface area contributed by atoms with Gasteiger partial charge in [0.15, 0.2) is 6.61 Å². The zero-order chi connectivity index (χ0) is 24.1. The third-order valence-corrected chi connectivity index (χ3v) is 8.35. The highest BCUT2D eigenvalue weighted by molar-refractivity contribution is 7.94. The maximum atomic E-state index is 12.6. The molecule has 2 aromatic carbocycles. The van der Waals surface area contributed by atoms with Gasteiger partial charge in [-0.05, 0) is 60.3 Å². The van der Waals surface area contributed by atoms with Crippen LogP contribution >= 0.6 is 11.3 Å². The molecule has 0 aliphatic heterocycles. The number of amides is 1. The van der Waals surface area contributed by atoms with Crippen LogP contribution in [0.15, 0.2) is 82.6 Å². The quantitative estimate of drug-likeness (QED) is 0.376. The molecule has 0 spiro atoms. The van der Waals surface area contributed by atoms with Gasteiger partial charge in [-0.15, -0.1) is 11.3 Å². The number of hydrogen-bond acceptors (Lipinski definition) is 6. The molecule has 0 unspecified atom stereocenters. The van der Waals surface area contributed by atoms with E-state index in [1.807, 2.05) is 42.0 Å². The van der Waals surface area contributed by atoms with E-state index in [1.165, 1.54) is 22.7 Å². The monoisotopic (exact) mass is 496 g/mol. The number of thiophene rings is 1. The summed E-state index contributed by atoms with van der Waals surface area (Å²) in [6, 6.07) is 17.4. The molecule has 2 heterocycles. The molecule has 0 bridgehead atoms. The topological polar surface area (TPSA) is 93.5 Å². The lowest BCUT2D eigenvalue weighted by atomic mass is 10.2. The number of imidazole rings is 1. The number of anilines is 2. The fourth-order valence-corrected chi connectivity index (χ4v) is 5.60. The smallest absolute Gasteiger partial charge is 0.273 e. The van der Waals surface area contributed by atoms with Crippen molar-refractivity contribution in [2.24, 2.45) is 0 Å². The number of benzene rings is 2. The predicted octanol–water partition coefficient (Wildman–Crippen LogP) is 4.14. The van der Waals surface area contributed by atoms with Gasteiger partial charge < -0.3 is 14.6 Å². The van der Waals surface area contributed by atoms with E-state index in [4.69, 9.17) is 4.74 Å². The first-order valence-electron chi connectivity index (χ1n) is 10.4. The van der Waals surface area contributed by atoms with Crippen molar-refractivity contribution in [3.05, 3.63) is 89.8 Å². The Morgan fingerprint density at radius 1 is 1.12 bits per heavy atom. The van der Waals surface area contributed by atoms with E-state index in [0.717, 1.165) is 11.4 Å². The van der Waals surface area contributed by atoms with Crippen LogP contribution in [0.25, 0.3) is 0 Å². The Kier molecular flexibility index (Phi) is 6.99. The number of hydrogen-bond donors (Lipinski definition) is 1. The Morgan fingerprint density at radius 2 is 1.85 bits per heavy atom. The Balaban J connectivity index is 1.29. The molecule has 0 saturated carbocycles. The van der Waals surface area contributed by atoms with Crippen molar-refractivity contribution in [3.8, 4) is 5.75 Å². The van der Waals surface area contributed by atoms with E-state index in [2.05, 4.69) is 10.3 Å². The Bertz CT molecular complexity index is 1350. The second kappa shape index (κ2) is 10.1. The summed E-state index contributed by atoms with van der Waals surface area (Å²) in [7, 11) is -2.10. The van der Waals surface area contributed by atoms with Gasteiger partial charge in [-0.3, -0.25) is 9.10 Å². The van der Waals surface area contributed by atoms with E-state index >= 15 is 0 Å². The van der Waals surface area contributed by atoms with Crippen LogP contribution in [0.2, 0.25) is 0 Å². The summed E-state index contributed by atoms with van der Waals surface area (Å²) in [4.78, 5) is 16.5. The highest BCUT2D eigenvalue weighted by Gasteiger charge is 2.22. The molecule has 0 aliphatic carbocycles. The SMILES string of the molecule is Cc1nccn1Cc1ccc(NC(=O)COc2ccc(N(C)S(=O)(=O)c3cccs3)cc2)cc1. The highest BCUT2D eigenvalue weighted by Crippen LogP contribution is 2.26. The van der Waals surface area contributed by atoms with Gasteiger partial charge in [-0.1, -0.05) is 18.2 Å². The molecule has 0 fully saturated rings. The largest absolute Gasteiger partial charge is 0.484 e. The van der Waals surface area contributed by atoms with Crippen molar-refractivity contribution in [2.75, 3.05) is 23.3 Å². The Labute approximate surface area is 202 Å². The summed E-state index contributed by atoms with van der Waals surface area (Å²) in [5.74, 6) is 1.12. The molecule has 8 nitrogen and oxygen atoms in total. The van der Waals surface area contributed by atoms with Gasteiger partial charge in [0, 0.05) is 31.7 Å². The molecule has 0 atom stereocenters. The van der Waals surface area contributed by atoms with Crippen molar-refractivity contribution < 1.29 is 17.9 Å². The molecule has 2 aromatic heterocycles. The molecule has 0 radical (unpaired) electrons. The first-order valence-corrected chi connectivity index (χ1v) is 12.8. The lowest BCUT2D eigenvalue weighted by Gasteiger charge is -2.18. The van der Waals surface area contributed by atoms with Gasteiger partial charge in [0.25, 0.3) is 15.9 Å². The molecule has 1 amide bonds. The van der Waals surface area contributed by atoms with E-state index < -0.39 is 10.0 Å². The van der Waals surface area contributed by atoms with Crippen molar-refractivity contribution in [1.82, 2.24) is 9.55 Å². The van der Waals surface area contributed by atoms with Gasteiger partial charge in [-0.2, -0.15) is 0 Å². The number of carbonyl (C=O) groups excluding carboxylic acids is 1. The number of ether oxygens (including phenoxy) is 1. The zero-order valence-corrected chi connectivity index (χ0v) is 20.3. The summed E-state index contributed by atoms with van der Waals surface area (Å²) in [5.41, 5.74) is 2.27. The van der Waals surface area contributed by atoms with Gasteiger partial charge >= 0.3 is 0 Å². The fraction of sp³-hybridized carbons (Fsp3) is 0.167. The fourth-order valence-electron chi connectivity index (χ4n) is 3.24. The van der Waals surface area contributed by atoms with E-state index in [9.17, 15) is 13.2 Å². The molecule has 10 heteroatoms. The minimum atomic E-state index is -3.60. The number of aromatic nitrogens is 2. The van der Waals surface area contributed by atoms with Gasteiger partial charge in [0.05, 0.1) is 5.69 Å². The number of nitrogens with zero attached hydrogens (tertiary/aromatic N) is 3. The van der Waals surface area contributed by atoms with Gasteiger partial charge in [0.2, 0.25) is 0 Å². The van der Waals surface area contributed by atoms with Crippen LogP contribution in [-0.2, 0) is 21.4 Å². The maximum Gasteiger partial charge on any atom is 0.273 e. The summed E-state index contributed by atoms with van der Waals surface area (Å²) in [6.45, 7) is 2.50. The molecule has 4 rings (SSSR count). The third-order valence-electron chi connectivity index (χ3n) is 5.19. The average molecular weight is 497 g/mol. The van der Waals surface area contributed by atoms with Crippen molar-refractivity contribution in [2.45, 2.75) is 17.7 Å². The van der Waals surface area contributed by atoms with Gasteiger partial charge in [0.1, 0.15) is 15.8 Å². The van der Waals surface area contributed by atoms with Crippen LogP contribution in [0.4, 0.5) is 11.4 Å². The van der Waals surface area contributed by atoms with Crippen LogP contribution in [0.3, 0.4) is 0 Å². The summed E-state index contributed by atoms with van der Waals surface area (Å²) in [6.07, 6.45) is 3.69. The van der Waals surface area contributed by atoms with Crippen molar-refractivity contribution in [1.29, 1.82) is 0 Å². The lowest BCUT2D eigenvalue weighted by molar-refractivity contribution is -0.118. The molecule has 0 saturated heterocycles. The van der Waals surface area contributed by atoms with Crippen LogP contribution in [-0.4, -0.2) is 37.5 Å². The first-order chi connectivity index (χ1) is 16.3. The third kappa shape index (κ3) is 5.46. The second-order valence-electron chi connectivity index (χ2n) is 7.53. The predicted molar refractivity (Wildman–Crippen MR) is 133 cm³/mol. The molecule has 34 heavy (non-hydrogen) atoms. The highest BCUT2D eigenvalue weighted by atomic mass is 32.2. The second-order valence-corrected chi connectivity index (χ2v) is 10.7. The van der Waals surface area contributed by atoms with E-state index in [1.54, 1.807) is 48.0 Å². The first kappa shape index (κ1) is 23.5. The number of carbonyl (C=O) groups is 1. The number of aryl methyl sites for hydroxylation is 1. The molecule has 0 aliphatic rings. The van der Waals surface area contributed by atoms with Crippen LogP contribution in [0.1, 0.15) is 11.4 Å². The number of nitrogens with one attached hydrogen (secondary N) is 1. The van der Waals surface area contributed by atoms with Crippen LogP contribution in [0, 0.1) is 6.92 Å². The summed E-state index contributed by atoms with van der Waals surface area (Å²) >= 11 is 1.17. The maximum absolute atomic E-state index is 12.6. The minimum absolute atomic E-state index is 0.168. The normalized spacial score (nSPS) is 11.2. The molecular weight excluding hydrogens is 472 g/mol. The number of sulfonamides is 1. The Hall–Kier alpha value is -3.63. The molecule has 4 aromatic rings. The Morgan fingerprint density at radius 3 is 2.47 bits per heavy atom. The standard InChI is InChI=1S/C24H24N4O4S2/c1-18-25-13-14-28(18)16-19-5-7-20(8-6-19)26-23(29)17-32-22-11-9-21(10-12-22)27(2)34(30,31)24-4-3-15-33-24/h3-15H,16-17H2,1-2H3,(H,26,29). The number of rotatable bonds is 9. The summed E-state index contributed by atoms with van der Waals surface area (Å²) in [5, 5.41) is 4.53. The molecule has 1 N–H and O–H groups in total. The zero-order valence-electron chi connectivity index (χ0n) is 18.7. The van der Waals surface area contributed by atoms with E-state index in [-0.39, 0.29) is 16.7 Å². The molecular formula is C24H24N4O4S2. The lowest BCUT2D eigenvalue weighted by Crippen LogP contribution is -2.25. The molecule has 176 valence electrons. The van der Waals surface area contributed by atoms with Crippen LogP contribution in [0.5, 0.6) is 5.75 Å². The van der Waals surface area contributed by atoms with Crippen LogP contribution < -0.4 is 14.4 Å². The minimum Gasteiger partial charge on any atom is -0.484 e. The summed E-state index contributed by atoms with van der Waals surface area (Å²) < 4.78 is 34.3. The average Bonchev–Trinajstić information content (AvgIpc) is 3.52. The van der Waals surface area contributed by atoms with Crippen molar-refractivity contribution >= 4 is 38.6 Å².